The average molecular weight is 397 g/mol. The molecule has 31 heavy (non-hydrogen) atoms. The molecule has 4 aliphatic carbocycles. The van der Waals surface area contributed by atoms with Gasteiger partial charge in [-0.3, -0.25) is 0 Å². The van der Waals surface area contributed by atoms with E-state index in [1.54, 1.807) is 18.5 Å². The van der Waals surface area contributed by atoms with Crippen LogP contribution >= 0.6 is 0 Å². The van der Waals surface area contributed by atoms with Gasteiger partial charge in [0.25, 0.3) is 0 Å². The van der Waals surface area contributed by atoms with Crippen molar-refractivity contribution in [2.75, 3.05) is 0 Å². The normalized spacial score (nSPS) is 17.8. The van der Waals surface area contributed by atoms with E-state index in [-0.39, 0.29) is 5.41 Å². The highest BCUT2D eigenvalue weighted by Gasteiger charge is 2.43. The van der Waals surface area contributed by atoms with Gasteiger partial charge in [0.1, 0.15) is 0 Å². The summed E-state index contributed by atoms with van der Waals surface area (Å²) in [5, 5.41) is 10.1. The standard InChI is InChI=1S/C25H16.C3H3N3/c1-3-9-19-17(7-1)15-23-21(19)11-5-13-25(23)14-6-12-22-20-10-4-2-8-18(20)16-24(22)25;1-2-4-6-5-3-1/h1-16H;1-3H. The SMILES string of the molecule is C1=CC2(C=CC=C3C2=Cc2ccccc23)C2=Cc3ccccc3C2=C1.c1cnnnc1. The van der Waals surface area contributed by atoms with Crippen LogP contribution in [-0.2, 0) is 0 Å². The molecule has 0 unspecified atom stereocenters. The maximum absolute atomic E-state index is 3.42. The average Bonchev–Trinajstić information content (AvgIpc) is 3.42. The molecule has 0 amide bonds. The van der Waals surface area contributed by atoms with E-state index in [9.17, 15) is 0 Å². The van der Waals surface area contributed by atoms with Crippen molar-refractivity contribution in [3.05, 3.63) is 137 Å². The third-order valence-corrected chi connectivity index (χ3v) is 6.23. The topological polar surface area (TPSA) is 38.7 Å². The van der Waals surface area contributed by atoms with Gasteiger partial charge in [0.05, 0.1) is 17.8 Å². The summed E-state index contributed by atoms with van der Waals surface area (Å²) in [6.45, 7) is 0. The van der Waals surface area contributed by atoms with Gasteiger partial charge >= 0.3 is 0 Å². The monoisotopic (exact) mass is 397 g/mol. The Morgan fingerprint density at radius 2 is 1.10 bits per heavy atom. The molecular weight excluding hydrogens is 378 g/mol. The van der Waals surface area contributed by atoms with Gasteiger partial charge in [0.2, 0.25) is 0 Å². The molecular formula is C28H19N3. The Balaban J connectivity index is 0.000000269. The van der Waals surface area contributed by atoms with Crippen molar-refractivity contribution in [1.82, 2.24) is 15.4 Å². The van der Waals surface area contributed by atoms with E-state index < -0.39 is 0 Å². The van der Waals surface area contributed by atoms with E-state index >= 15 is 0 Å². The largest absolute Gasteiger partial charge is 0.139 e. The van der Waals surface area contributed by atoms with Crippen molar-refractivity contribution >= 4 is 23.3 Å². The van der Waals surface area contributed by atoms with Crippen LogP contribution in [0.15, 0.2) is 115 Å². The lowest BCUT2D eigenvalue weighted by atomic mass is 9.65. The van der Waals surface area contributed by atoms with Crippen molar-refractivity contribution in [2.45, 2.75) is 0 Å². The smallest absolute Gasteiger partial charge is 0.0581 e. The van der Waals surface area contributed by atoms with Crippen LogP contribution in [0, 0.1) is 5.41 Å². The van der Waals surface area contributed by atoms with Crippen LogP contribution in [0.1, 0.15) is 22.3 Å². The molecule has 146 valence electrons. The fourth-order valence-electron chi connectivity index (χ4n) is 4.89. The lowest BCUT2D eigenvalue weighted by Gasteiger charge is -2.36. The zero-order chi connectivity index (χ0) is 20.7. The van der Waals surface area contributed by atoms with Crippen LogP contribution < -0.4 is 0 Å². The minimum Gasteiger partial charge on any atom is -0.139 e. The fourth-order valence-corrected chi connectivity index (χ4v) is 4.89. The summed E-state index contributed by atoms with van der Waals surface area (Å²) >= 11 is 0. The van der Waals surface area contributed by atoms with Crippen molar-refractivity contribution in [2.24, 2.45) is 5.41 Å². The Hall–Kier alpha value is -4.11. The molecule has 3 aromatic rings. The number of aromatic nitrogens is 3. The van der Waals surface area contributed by atoms with Crippen LogP contribution in [-0.4, -0.2) is 15.4 Å². The van der Waals surface area contributed by atoms with Crippen molar-refractivity contribution in [1.29, 1.82) is 0 Å². The summed E-state index contributed by atoms with van der Waals surface area (Å²) in [5.41, 5.74) is 10.7. The second kappa shape index (κ2) is 6.99. The molecule has 1 aromatic heterocycles. The highest BCUT2D eigenvalue weighted by atomic mass is 15.3. The number of allylic oxidation sites excluding steroid dienone is 10. The Morgan fingerprint density at radius 1 is 0.581 bits per heavy atom. The van der Waals surface area contributed by atoms with Crippen LogP contribution in [0.2, 0.25) is 0 Å². The van der Waals surface area contributed by atoms with Gasteiger partial charge in [-0.05, 0) is 68.0 Å². The quantitative estimate of drug-likeness (QED) is 0.471. The summed E-state index contributed by atoms with van der Waals surface area (Å²) in [6, 6.07) is 19.1. The second-order valence-corrected chi connectivity index (χ2v) is 7.85. The van der Waals surface area contributed by atoms with Crippen LogP contribution in [0.5, 0.6) is 0 Å². The molecule has 1 spiro atoms. The van der Waals surface area contributed by atoms with Crippen LogP contribution in [0.3, 0.4) is 0 Å². The van der Waals surface area contributed by atoms with Crippen molar-refractivity contribution < 1.29 is 0 Å². The van der Waals surface area contributed by atoms with Crippen molar-refractivity contribution in [3.63, 3.8) is 0 Å². The van der Waals surface area contributed by atoms with Crippen LogP contribution in [0.4, 0.5) is 0 Å². The molecule has 0 N–H and O–H groups in total. The molecule has 4 aliphatic rings. The van der Waals surface area contributed by atoms with E-state index in [1.165, 1.54) is 44.5 Å². The van der Waals surface area contributed by atoms with Gasteiger partial charge in [-0.25, -0.2) is 0 Å². The fraction of sp³-hybridized carbons (Fsp3) is 0.0357. The molecule has 1 heterocycles. The van der Waals surface area contributed by atoms with E-state index in [0.717, 1.165) is 0 Å². The molecule has 3 heteroatoms. The molecule has 3 nitrogen and oxygen atoms in total. The number of fused-ring (bicyclic) bond motifs is 8. The first-order valence-corrected chi connectivity index (χ1v) is 10.4. The second-order valence-electron chi connectivity index (χ2n) is 7.85. The van der Waals surface area contributed by atoms with Crippen molar-refractivity contribution in [3.8, 4) is 0 Å². The molecule has 0 saturated carbocycles. The molecule has 2 aromatic carbocycles. The first-order valence-electron chi connectivity index (χ1n) is 10.4. The van der Waals surface area contributed by atoms with E-state index in [4.69, 9.17) is 0 Å². The molecule has 0 saturated heterocycles. The Kier molecular flexibility index (Phi) is 4.00. The molecule has 0 atom stereocenters. The molecule has 0 fully saturated rings. The first-order chi connectivity index (χ1) is 15.4. The predicted molar refractivity (Wildman–Crippen MR) is 125 cm³/mol. The number of rotatable bonds is 0. The Morgan fingerprint density at radius 3 is 1.55 bits per heavy atom. The van der Waals surface area contributed by atoms with E-state index in [2.05, 4.69) is 113 Å². The highest BCUT2D eigenvalue weighted by Crippen LogP contribution is 2.58. The maximum atomic E-state index is 3.42. The van der Waals surface area contributed by atoms with E-state index in [1.807, 2.05) is 0 Å². The molecule has 7 rings (SSSR count). The number of hydrogen-bond acceptors (Lipinski definition) is 3. The maximum Gasteiger partial charge on any atom is 0.0581 e. The molecule has 0 radical (unpaired) electrons. The third-order valence-electron chi connectivity index (χ3n) is 6.23. The molecule has 0 bridgehead atoms. The first kappa shape index (κ1) is 17.7. The van der Waals surface area contributed by atoms with Gasteiger partial charge in [0, 0.05) is 0 Å². The number of benzene rings is 2. The zero-order valence-corrected chi connectivity index (χ0v) is 16.8. The number of hydrogen-bond donors (Lipinski definition) is 0. The van der Waals surface area contributed by atoms with Gasteiger partial charge < -0.3 is 0 Å². The van der Waals surface area contributed by atoms with Crippen LogP contribution in [0.25, 0.3) is 23.3 Å². The highest BCUT2D eigenvalue weighted by molar-refractivity contribution is 6.05. The minimum absolute atomic E-state index is 0.161. The lowest BCUT2D eigenvalue weighted by Crippen LogP contribution is -2.24. The van der Waals surface area contributed by atoms with Gasteiger partial charge in [-0.15, -0.1) is 10.2 Å². The Bertz CT molecular complexity index is 1250. The summed E-state index contributed by atoms with van der Waals surface area (Å²) in [7, 11) is 0. The molecule has 0 aliphatic heterocycles. The van der Waals surface area contributed by atoms with E-state index in [0.29, 0.717) is 0 Å². The summed E-state index contributed by atoms with van der Waals surface area (Å²) in [5.74, 6) is 0. The summed E-state index contributed by atoms with van der Waals surface area (Å²) in [6.07, 6.45) is 21.6. The zero-order valence-electron chi connectivity index (χ0n) is 16.8. The van der Waals surface area contributed by atoms with Gasteiger partial charge in [-0.2, -0.15) is 0 Å². The summed E-state index contributed by atoms with van der Waals surface area (Å²) in [4.78, 5) is 0. The summed E-state index contributed by atoms with van der Waals surface area (Å²) < 4.78 is 0. The third kappa shape index (κ3) is 2.71. The van der Waals surface area contributed by atoms with Gasteiger partial charge in [0.15, 0.2) is 0 Å². The lowest BCUT2D eigenvalue weighted by molar-refractivity contribution is 0.754. The minimum atomic E-state index is -0.161. The predicted octanol–water partition coefficient (Wildman–Crippen LogP) is 5.95. The number of nitrogens with zero attached hydrogens (tertiary/aromatic N) is 3. The van der Waals surface area contributed by atoms with Gasteiger partial charge in [-0.1, -0.05) is 85.0 Å². The Labute approximate surface area is 181 Å².